The molecular weight excluding hydrogens is 300 g/mol. The van der Waals surface area contributed by atoms with Crippen LogP contribution in [0.3, 0.4) is 0 Å². The highest BCUT2D eigenvalue weighted by atomic mass is 16.2. The monoisotopic (exact) mass is 324 g/mol. The van der Waals surface area contributed by atoms with Gasteiger partial charge in [0, 0.05) is 23.4 Å². The molecule has 2 fully saturated rings. The van der Waals surface area contributed by atoms with Crippen molar-refractivity contribution in [3.63, 3.8) is 0 Å². The van der Waals surface area contributed by atoms with Crippen molar-refractivity contribution in [1.29, 1.82) is 0 Å². The van der Waals surface area contributed by atoms with Crippen LogP contribution in [0.1, 0.15) is 48.0 Å². The first kappa shape index (κ1) is 15.4. The van der Waals surface area contributed by atoms with Gasteiger partial charge < -0.3 is 5.32 Å². The number of rotatable bonds is 5. The first-order valence-electron chi connectivity index (χ1n) is 9.00. The highest BCUT2D eigenvalue weighted by molar-refractivity contribution is 6.10. The van der Waals surface area contributed by atoms with Crippen molar-refractivity contribution < 1.29 is 9.59 Å². The molecule has 2 saturated carbocycles. The minimum absolute atomic E-state index is 0.0586. The van der Waals surface area contributed by atoms with Gasteiger partial charge in [-0.2, -0.15) is 0 Å². The molecule has 3 atom stereocenters. The average molecular weight is 324 g/mol. The molecule has 1 aliphatic heterocycles. The van der Waals surface area contributed by atoms with E-state index in [9.17, 15) is 9.59 Å². The van der Waals surface area contributed by atoms with E-state index in [0.717, 1.165) is 29.7 Å². The van der Waals surface area contributed by atoms with Gasteiger partial charge >= 0.3 is 0 Å². The van der Waals surface area contributed by atoms with Gasteiger partial charge in [0.2, 0.25) is 5.91 Å². The SMILES string of the molecule is C=C1c2ccccc2C(=O)N1CC(=O)NCCC1CC2CCC1C2. The van der Waals surface area contributed by atoms with Gasteiger partial charge in [-0.3, -0.25) is 14.5 Å². The van der Waals surface area contributed by atoms with Crippen LogP contribution in [-0.4, -0.2) is 29.8 Å². The second-order valence-electron chi connectivity index (χ2n) is 7.46. The average Bonchev–Trinajstić information content (AvgIpc) is 3.26. The normalized spacial score (nSPS) is 27.7. The van der Waals surface area contributed by atoms with Gasteiger partial charge in [-0.1, -0.05) is 31.2 Å². The molecule has 2 bridgehead atoms. The molecule has 0 aromatic heterocycles. The van der Waals surface area contributed by atoms with E-state index in [2.05, 4.69) is 11.9 Å². The topological polar surface area (TPSA) is 49.4 Å². The maximum Gasteiger partial charge on any atom is 0.259 e. The van der Waals surface area contributed by atoms with Gasteiger partial charge in [0.05, 0.1) is 0 Å². The third-order valence-corrected chi connectivity index (χ3v) is 6.06. The number of amides is 2. The number of nitrogens with zero attached hydrogens (tertiary/aromatic N) is 1. The molecule has 0 radical (unpaired) electrons. The maximum absolute atomic E-state index is 12.4. The van der Waals surface area contributed by atoms with E-state index >= 15 is 0 Å². The van der Waals surface area contributed by atoms with Crippen LogP contribution in [0.2, 0.25) is 0 Å². The lowest BCUT2D eigenvalue weighted by Gasteiger charge is -2.22. The number of hydrogen-bond donors (Lipinski definition) is 1. The van der Waals surface area contributed by atoms with E-state index in [1.165, 1.54) is 30.6 Å². The van der Waals surface area contributed by atoms with Crippen LogP contribution in [-0.2, 0) is 4.79 Å². The molecule has 24 heavy (non-hydrogen) atoms. The summed E-state index contributed by atoms with van der Waals surface area (Å²) in [5.41, 5.74) is 2.09. The Morgan fingerprint density at radius 3 is 2.67 bits per heavy atom. The van der Waals surface area contributed by atoms with Gasteiger partial charge in [0.1, 0.15) is 6.54 Å². The molecule has 3 aliphatic rings. The fourth-order valence-corrected chi connectivity index (χ4v) is 4.83. The molecule has 2 amide bonds. The van der Waals surface area contributed by atoms with Crippen molar-refractivity contribution in [1.82, 2.24) is 10.2 Å². The van der Waals surface area contributed by atoms with Gasteiger partial charge in [0.25, 0.3) is 5.91 Å². The third-order valence-electron chi connectivity index (χ3n) is 6.06. The van der Waals surface area contributed by atoms with Crippen LogP contribution in [0.15, 0.2) is 30.8 Å². The molecular formula is C20H24N2O2. The summed E-state index contributed by atoms with van der Waals surface area (Å²) in [5, 5.41) is 2.99. The lowest BCUT2D eigenvalue weighted by molar-refractivity contribution is -0.121. The zero-order valence-corrected chi connectivity index (χ0v) is 14.0. The highest BCUT2D eigenvalue weighted by Gasteiger charge is 2.39. The Kier molecular flexibility index (Phi) is 3.91. The summed E-state index contributed by atoms with van der Waals surface area (Å²) >= 11 is 0. The predicted molar refractivity (Wildman–Crippen MR) is 93.1 cm³/mol. The van der Waals surface area contributed by atoms with Crippen LogP contribution in [0.5, 0.6) is 0 Å². The molecule has 1 heterocycles. The molecule has 4 heteroatoms. The molecule has 1 aromatic carbocycles. The summed E-state index contributed by atoms with van der Waals surface area (Å²) in [4.78, 5) is 26.1. The highest BCUT2D eigenvalue weighted by Crippen LogP contribution is 2.49. The quantitative estimate of drug-likeness (QED) is 0.905. The number of fused-ring (bicyclic) bond motifs is 3. The van der Waals surface area contributed by atoms with E-state index < -0.39 is 0 Å². The fraction of sp³-hybridized carbons (Fsp3) is 0.500. The Morgan fingerprint density at radius 1 is 1.21 bits per heavy atom. The first-order valence-corrected chi connectivity index (χ1v) is 9.00. The smallest absolute Gasteiger partial charge is 0.259 e. The van der Waals surface area contributed by atoms with Gasteiger partial charge in [-0.05, 0) is 49.5 Å². The Morgan fingerprint density at radius 2 is 2.00 bits per heavy atom. The van der Waals surface area contributed by atoms with Crippen molar-refractivity contribution in [3.8, 4) is 0 Å². The van der Waals surface area contributed by atoms with Crippen LogP contribution in [0.25, 0.3) is 5.70 Å². The molecule has 4 nitrogen and oxygen atoms in total. The first-order chi connectivity index (χ1) is 11.6. The standard InChI is InChI=1S/C20H24N2O2/c1-13-17-4-2-3-5-18(17)20(24)22(13)12-19(23)21-9-8-16-11-14-6-7-15(16)10-14/h2-5,14-16H,1,6-12H2,(H,21,23). The lowest BCUT2D eigenvalue weighted by Crippen LogP contribution is -2.37. The summed E-state index contributed by atoms with van der Waals surface area (Å²) in [6.07, 6.45) is 6.61. The van der Waals surface area contributed by atoms with Crippen LogP contribution < -0.4 is 5.32 Å². The van der Waals surface area contributed by atoms with Crippen molar-refractivity contribution in [2.24, 2.45) is 17.8 Å². The zero-order chi connectivity index (χ0) is 16.7. The Bertz CT molecular complexity index is 662. The van der Waals surface area contributed by atoms with E-state index in [1.54, 1.807) is 6.07 Å². The van der Waals surface area contributed by atoms with Crippen molar-refractivity contribution in [2.75, 3.05) is 13.1 Å². The van der Waals surface area contributed by atoms with Crippen molar-refractivity contribution in [3.05, 3.63) is 42.0 Å². The summed E-state index contributed by atoms with van der Waals surface area (Å²) in [7, 11) is 0. The van der Waals surface area contributed by atoms with E-state index in [1.807, 2.05) is 18.2 Å². The zero-order valence-electron chi connectivity index (χ0n) is 14.0. The molecule has 3 unspecified atom stereocenters. The molecule has 0 spiro atoms. The third kappa shape index (κ3) is 2.64. The van der Waals surface area contributed by atoms with Crippen molar-refractivity contribution in [2.45, 2.75) is 32.1 Å². The number of hydrogen-bond acceptors (Lipinski definition) is 2. The minimum Gasteiger partial charge on any atom is -0.355 e. The molecule has 1 aromatic rings. The van der Waals surface area contributed by atoms with Gasteiger partial charge in [-0.15, -0.1) is 0 Å². The van der Waals surface area contributed by atoms with Gasteiger partial charge in [0.15, 0.2) is 0 Å². The Labute approximate surface area is 142 Å². The fourth-order valence-electron chi connectivity index (χ4n) is 4.83. The Balaban J connectivity index is 1.28. The maximum atomic E-state index is 12.4. The van der Waals surface area contributed by atoms with E-state index in [-0.39, 0.29) is 18.4 Å². The number of carbonyl (C=O) groups is 2. The molecule has 4 rings (SSSR count). The lowest BCUT2D eigenvalue weighted by atomic mass is 9.86. The van der Waals surface area contributed by atoms with Crippen LogP contribution in [0, 0.1) is 17.8 Å². The van der Waals surface area contributed by atoms with E-state index in [0.29, 0.717) is 17.8 Å². The Hall–Kier alpha value is -2.10. The summed E-state index contributed by atoms with van der Waals surface area (Å²) in [5.74, 6) is 2.40. The largest absolute Gasteiger partial charge is 0.355 e. The minimum atomic E-state index is -0.126. The van der Waals surface area contributed by atoms with Gasteiger partial charge in [-0.25, -0.2) is 0 Å². The summed E-state index contributed by atoms with van der Waals surface area (Å²) < 4.78 is 0. The van der Waals surface area contributed by atoms with Crippen LogP contribution in [0.4, 0.5) is 0 Å². The van der Waals surface area contributed by atoms with Crippen molar-refractivity contribution >= 4 is 17.5 Å². The van der Waals surface area contributed by atoms with Crippen LogP contribution >= 0.6 is 0 Å². The number of nitrogens with one attached hydrogen (secondary N) is 1. The molecule has 2 aliphatic carbocycles. The number of carbonyl (C=O) groups excluding carboxylic acids is 2. The summed E-state index contributed by atoms with van der Waals surface area (Å²) in [6, 6.07) is 7.39. The molecule has 126 valence electrons. The van der Waals surface area contributed by atoms with E-state index in [4.69, 9.17) is 0 Å². The second kappa shape index (κ2) is 6.08. The summed E-state index contributed by atoms with van der Waals surface area (Å²) in [6.45, 7) is 4.75. The molecule has 1 N–H and O–H groups in total. The number of benzene rings is 1. The predicted octanol–water partition coefficient (Wildman–Crippen LogP) is 3.06. The molecule has 0 saturated heterocycles. The second-order valence-corrected chi connectivity index (χ2v) is 7.46.